The van der Waals surface area contributed by atoms with Gasteiger partial charge in [0.15, 0.2) is 5.78 Å². The second-order valence-electron chi connectivity index (χ2n) is 6.24. The van der Waals surface area contributed by atoms with Gasteiger partial charge in [0.2, 0.25) is 0 Å². The molecule has 0 unspecified atom stereocenters. The molecule has 0 spiro atoms. The lowest BCUT2D eigenvalue weighted by atomic mass is 9.88. The molecule has 1 heteroatoms. The van der Waals surface area contributed by atoms with Crippen molar-refractivity contribution in [2.75, 3.05) is 0 Å². The maximum absolute atomic E-state index is 13.7. The Bertz CT molecular complexity index is 1090. The van der Waals surface area contributed by atoms with Crippen LogP contribution < -0.4 is 0 Å². The third-order valence-corrected chi connectivity index (χ3v) is 4.82. The molecule has 0 amide bonds. The molecule has 0 atom stereocenters. The number of carbonyl (C=O) groups is 1. The topological polar surface area (TPSA) is 17.1 Å². The van der Waals surface area contributed by atoms with Crippen molar-refractivity contribution in [2.24, 2.45) is 0 Å². The summed E-state index contributed by atoms with van der Waals surface area (Å²) in [7, 11) is 0. The molecule has 4 aromatic carbocycles. The molecule has 0 bridgehead atoms. The summed E-state index contributed by atoms with van der Waals surface area (Å²) >= 11 is 0. The Labute approximate surface area is 152 Å². The highest BCUT2D eigenvalue weighted by atomic mass is 16.1. The third kappa shape index (κ3) is 2.46. The van der Waals surface area contributed by atoms with Crippen molar-refractivity contribution in [1.82, 2.24) is 0 Å². The zero-order valence-electron chi connectivity index (χ0n) is 14.4. The normalized spacial score (nSPS) is 10.8. The molecule has 124 valence electrons. The Kier molecular flexibility index (Phi) is 3.98. The zero-order chi connectivity index (χ0) is 18.1. The van der Waals surface area contributed by atoms with Crippen LogP contribution in [0.3, 0.4) is 0 Å². The summed E-state index contributed by atoms with van der Waals surface area (Å²) in [5.41, 5.74) is 3.07. The zero-order valence-corrected chi connectivity index (χ0v) is 14.4. The van der Waals surface area contributed by atoms with Crippen molar-refractivity contribution in [1.29, 1.82) is 0 Å². The summed E-state index contributed by atoms with van der Waals surface area (Å²) in [6.45, 7) is 7.81. The Morgan fingerprint density at radius 3 is 1.46 bits per heavy atom. The van der Waals surface area contributed by atoms with Crippen LogP contribution in [0.2, 0.25) is 0 Å². The average Bonchev–Trinajstić information content (AvgIpc) is 2.71. The van der Waals surface area contributed by atoms with Gasteiger partial charge in [-0.3, -0.25) is 4.79 Å². The van der Waals surface area contributed by atoms with E-state index < -0.39 is 0 Å². The van der Waals surface area contributed by atoms with Crippen LogP contribution in [0.15, 0.2) is 86.0 Å². The fourth-order valence-electron chi connectivity index (χ4n) is 3.55. The molecule has 0 saturated carbocycles. The number of carbonyl (C=O) groups excluding carboxylic acids is 1. The number of rotatable bonds is 4. The van der Waals surface area contributed by atoms with Crippen LogP contribution in [0.4, 0.5) is 0 Å². The van der Waals surface area contributed by atoms with Gasteiger partial charge >= 0.3 is 0 Å². The van der Waals surface area contributed by atoms with Crippen molar-refractivity contribution in [3.8, 4) is 0 Å². The third-order valence-electron chi connectivity index (χ3n) is 4.82. The summed E-state index contributed by atoms with van der Waals surface area (Å²) < 4.78 is 0. The molecule has 0 heterocycles. The van der Waals surface area contributed by atoms with Crippen molar-refractivity contribution in [2.45, 2.75) is 0 Å². The van der Waals surface area contributed by atoms with Crippen molar-refractivity contribution < 1.29 is 4.79 Å². The van der Waals surface area contributed by atoms with E-state index in [0.29, 0.717) is 11.1 Å². The van der Waals surface area contributed by atoms with Gasteiger partial charge in [0.1, 0.15) is 0 Å². The largest absolute Gasteiger partial charge is 0.289 e. The second-order valence-corrected chi connectivity index (χ2v) is 6.24. The first-order chi connectivity index (χ1) is 12.7. The van der Waals surface area contributed by atoms with Gasteiger partial charge in [-0.2, -0.15) is 0 Å². The fourth-order valence-corrected chi connectivity index (χ4v) is 3.55. The Balaban J connectivity index is 2.09. The molecule has 1 nitrogen and oxygen atoms in total. The number of ketones is 1. The quantitative estimate of drug-likeness (QED) is 0.389. The molecule has 0 saturated heterocycles. The number of hydrogen-bond donors (Lipinski definition) is 0. The highest BCUT2D eigenvalue weighted by molar-refractivity contribution is 6.24. The van der Waals surface area contributed by atoms with E-state index in [1.165, 1.54) is 0 Å². The summed E-state index contributed by atoms with van der Waals surface area (Å²) in [4.78, 5) is 13.7. The highest BCUT2D eigenvalue weighted by Crippen LogP contribution is 2.31. The minimum atomic E-state index is 0.00315. The van der Waals surface area contributed by atoms with Gasteiger partial charge in [0.25, 0.3) is 0 Å². The van der Waals surface area contributed by atoms with Crippen LogP contribution in [0.1, 0.15) is 27.0 Å². The summed E-state index contributed by atoms with van der Waals surface area (Å²) in [5, 5.41) is 3.97. The van der Waals surface area contributed by atoms with Crippen LogP contribution in [0.25, 0.3) is 33.7 Å². The summed E-state index contributed by atoms with van der Waals surface area (Å²) in [6, 6.07) is 23.9. The van der Waals surface area contributed by atoms with Crippen LogP contribution in [0, 0.1) is 0 Å². The summed E-state index contributed by atoms with van der Waals surface area (Å²) in [6.07, 6.45) is 3.50. The molecule has 26 heavy (non-hydrogen) atoms. The lowest BCUT2D eigenvalue weighted by Gasteiger charge is -2.14. The van der Waals surface area contributed by atoms with Gasteiger partial charge in [0.05, 0.1) is 0 Å². The second kappa shape index (κ2) is 6.45. The molecule has 0 aliphatic heterocycles. The summed E-state index contributed by atoms with van der Waals surface area (Å²) in [5.74, 6) is 0.00315. The Hall–Kier alpha value is -3.45. The minimum Gasteiger partial charge on any atom is -0.289 e. The van der Waals surface area contributed by atoms with E-state index in [2.05, 4.69) is 13.2 Å². The van der Waals surface area contributed by atoms with Crippen molar-refractivity contribution in [3.63, 3.8) is 0 Å². The van der Waals surface area contributed by atoms with Gasteiger partial charge in [-0.25, -0.2) is 0 Å². The van der Waals surface area contributed by atoms with Crippen LogP contribution in [0.5, 0.6) is 0 Å². The van der Waals surface area contributed by atoms with Crippen LogP contribution in [-0.4, -0.2) is 5.78 Å². The molecular weight excluding hydrogens is 316 g/mol. The monoisotopic (exact) mass is 334 g/mol. The number of fused-ring (bicyclic) bond motifs is 2. The fraction of sp³-hybridized carbons (Fsp3) is 0. The van der Waals surface area contributed by atoms with E-state index in [0.717, 1.165) is 32.7 Å². The molecule has 0 N–H and O–H groups in total. The van der Waals surface area contributed by atoms with E-state index >= 15 is 0 Å². The maximum Gasteiger partial charge on any atom is 0.195 e. The molecule has 0 aromatic heterocycles. The highest BCUT2D eigenvalue weighted by Gasteiger charge is 2.20. The maximum atomic E-state index is 13.7. The van der Waals surface area contributed by atoms with Gasteiger partial charge in [-0.1, -0.05) is 98.1 Å². The molecular formula is C25H18O. The first-order valence-corrected chi connectivity index (χ1v) is 8.57. The first-order valence-electron chi connectivity index (χ1n) is 8.57. The predicted molar refractivity (Wildman–Crippen MR) is 112 cm³/mol. The molecule has 0 aliphatic carbocycles. The SMILES string of the molecule is C=Cc1ccc2ccccc2c1C(=O)c1c(C=C)ccc2ccccc12. The lowest BCUT2D eigenvalue weighted by Crippen LogP contribution is -2.08. The van der Waals surface area contributed by atoms with Gasteiger partial charge < -0.3 is 0 Å². The van der Waals surface area contributed by atoms with E-state index in [4.69, 9.17) is 0 Å². The molecule has 0 radical (unpaired) electrons. The van der Waals surface area contributed by atoms with Crippen molar-refractivity contribution >= 4 is 39.5 Å². The Morgan fingerprint density at radius 1 is 0.615 bits per heavy atom. The van der Waals surface area contributed by atoms with Gasteiger partial charge in [-0.05, 0) is 32.7 Å². The van der Waals surface area contributed by atoms with E-state index in [1.54, 1.807) is 12.2 Å². The van der Waals surface area contributed by atoms with E-state index in [1.807, 2.05) is 72.8 Å². The van der Waals surface area contributed by atoms with Gasteiger partial charge in [-0.15, -0.1) is 0 Å². The van der Waals surface area contributed by atoms with Crippen molar-refractivity contribution in [3.05, 3.63) is 108 Å². The van der Waals surface area contributed by atoms with E-state index in [9.17, 15) is 4.79 Å². The first kappa shape index (κ1) is 16.0. The molecule has 4 aromatic rings. The molecule has 0 fully saturated rings. The molecule has 4 rings (SSSR count). The van der Waals surface area contributed by atoms with Gasteiger partial charge in [0, 0.05) is 11.1 Å². The standard InChI is InChI=1S/C25H18O/c1-3-17-13-15-19-9-5-7-11-21(19)23(17)25(26)24-18(4-2)14-16-20-10-6-8-12-22(20)24/h3-16H,1-2H2. The van der Waals surface area contributed by atoms with Crippen LogP contribution in [-0.2, 0) is 0 Å². The molecule has 0 aliphatic rings. The predicted octanol–water partition coefficient (Wildman–Crippen LogP) is 6.51. The average molecular weight is 334 g/mol. The lowest BCUT2D eigenvalue weighted by molar-refractivity contribution is 0.104. The smallest absolute Gasteiger partial charge is 0.195 e. The Morgan fingerprint density at radius 2 is 1.04 bits per heavy atom. The minimum absolute atomic E-state index is 0.00315. The number of benzene rings is 4. The van der Waals surface area contributed by atoms with Crippen LogP contribution >= 0.6 is 0 Å². The van der Waals surface area contributed by atoms with E-state index in [-0.39, 0.29) is 5.78 Å². The number of hydrogen-bond acceptors (Lipinski definition) is 1.